The molecule has 0 bridgehead atoms. The summed E-state index contributed by atoms with van der Waals surface area (Å²) in [6.07, 6.45) is 9.96. The molecule has 1 aromatic rings. The fourth-order valence-corrected chi connectivity index (χ4v) is 4.85. The number of amides is 2. The first-order valence-electron chi connectivity index (χ1n) is 10.4. The fraction of sp³-hybridized carbons (Fsp3) is 0.682. The number of ether oxygens (including phenoxy) is 1. The molecule has 3 aliphatic rings. The van der Waals surface area contributed by atoms with Crippen LogP contribution in [0.3, 0.4) is 0 Å². The summed E-state index contributed by atoms with van der Waals surface area (Å²) >= 11 is 0. The largest absolute Gasteiger partial charge is 0.381 e. The van der Waals surface area contributed by atoms with Crippen molar-refractivity contribution >= 4 is 6.03 Å². The van der Waals surface area contributed by atoms with Gasteiger partial charge in [0.1, 0.15) is 0 Å². The Balaban J connectivity index is 1.18. The van der Waals surface area contributed by atoms with E-state index in [-0.39, 0.29) is 6.03 Å². The molecule has 1 N–H and O–H groups in total. The standard InChI is InChI=1S/C22H32N2O2/c25-21(24-16-22(17-24)11-14-26-15-12-22)23-13-10-18-6-8-20(9-7-18)19-4-2-1-3-5-19/h6-9,19H,1-5,10-17H2,(H,23,25). The van der Waals surface area contributed by atoms with Gasteiger partial charge in [-0.15, -0.1) is 0 Å². The van der Waals surface area contributed by atoms with E-state index in [2.05, 4.69) is 29.6 Å². The molecule has 4 nitrogen and oxygen atoms in total. The smallest absolute Gasteiger partial charge is 0.317 e. The van der Waals surface area contributed by atoms with Gasteiger partial charge in [-0.2, -0.15) is 0 Å². The van der Waals surface area contributed by atoms with Crippen LogP contribution in [-0.2, 0) is 11.2 Å². The van der Waals surface area contributed by atoms with Crippen LogP contribution in [0.25, 0.3) is 0 Å². The van der Waals surface area contributed by atoms with Crippen LogP contribution in [0.5, 0.6) is 0 Å². The van der Waals surface area contributed by atoms with Gasteiger partial charge in [0.2, 0.25) is 0 Å². The number of carbonyl (C=O) groups excluding carboxylic acids is 1. The molecule has 26 heavy (non-hydrogen) atoms. The number of benzene rings is 1. The molecule has 4 rings (SSSR count). The summed E-state index contributed by atoms with van der Waals surface area (Å²) in [6, 6.07) is 9.20. The summed E-state index contributed by atoms with van der Waals surface area (Å²) in [5.74, 6) is 0.765. The maximum atomic E-state index is 12.3. The van der Waals surface area contributed by atoms with Crippen molar-refractivity contribution in [1.29, 1.82) is 0 Å². The highest BCUT2D eigenvalue weighted by atomic mass is 16.5. The predicted molar refractivity (Wildman–Crippen MR) is 103 cm³/mol. The van der Waals surface area contributed by atoms with Crippen LogP contribution in [0.1, 0.15) is 62.0 Å². The Morgan fingerprint density at radius 3 is 2.46 bits per heavy atom. The minimum absolute atomic E-state index is 0.0981. The zero-order valence-corrected chi connectivity index (χ0v) is 15.8. The van der Waals surface area contributed by atoms with E-state index in [9.17, 15) is 4.79 Å². The monoisotopic (exact) mass is 356 g/mol. The molecule has 0 aromatic heterocycles. The second kappa shape index (κ2) is 7.99. The molecule has 2 heterocycles. The molecule has 1 aromatic carbocycles. The molecular weight excluding hydrogens is 324 g/mol. The summed E-state index contributed by atoms with van der Waals surface area (Å²) < 4.78 is 5.44. The van der Waals surface area contributed by atoms with Gasteiger partial charge in [0.15, 0.2) is 0 Å². The normalized spacial score (nSPS) is 22.8. The van der Waals surface area contributed by atoms with Gasteiger partial charge in [0.25, 0.3) is 0 Å². The first kappa shape index (κ1) is 17.8. The van der Waals surface area contributed by atoms with Gasteiger partial charge in [-0.05, 0) is 49.1 Å². The summed E-state index contributed by atoms with van der Waals surface area (Å²) in [5.41, 5.74) is 3.17. The first-order valence-corrected chi connectivity index (χ1v) is 10.4. The summed E-state index contributed by atoms with van der Waals surface area (Å²) in [7, 11) is 0. The van der Waals surface area contributed by atoms with Crippen LogP contribution in [0.15, 0.2) is 24.3 Å². The molecule has 2 aliphatic heterocycles. The maximum Gasteiger partial charge on any atom is 0.317 e. The molecule has 1 aliphatic carbocycles. The zero-order chi connectivity index (χ0) is 17.8. The number of rotatable bonds is 4. The van der Waals surface area contributed by atoms with E-state index in [0.717, 1.165) is 51.5 Å². The second-order valence-corrected chi connectivity index (χ2v) is 8.53. The van der Waals surface area contributed by atoms with Crippen molar-refractivity contribution in [2.75, 3.05) is 32.8 Å². The molecule has 142 valence electrons. The molecule has 0 atom stereocenters. The van der Waals surface area contributed by atoms with Gasteiger partial charge in [-0.1, -0.05) is 43.5 Å². The van der Waals surface area contributed by atoms with E-state index in [1.54, 1.807) is 0 Å². The van der Waals surface area contributed by atoms with Crippen molar-refractivity contribution in [3.8, 4) is 0 Å². The third-order valence-corrected chi connectivity index (χ3v) is 6.64. The average molecular weight is 357 g/mol. The third kappa shape index (κ3) is 4.06. The average Bonchev–Trinajstić information content (AvgIpc) is 2.68. The van der Waals surface area contributed by atoms with Gasteiger partial charge in [0, 0.05) is 38.3 Å². The van der Waals surface area contributed by atoms with Crippen molar-refractivity contribution in [2.45, 2.75) is 57.3 Å². The lowest BCUT2D eigenvalue weighted by Crippen LogP contribution is -2.62. The van der Waals surface area contributed by atoms with Crippen molar-refractivity contribution in [3.63, 3.8) is 0 Å². The minimum Gasteiger partial charge on any atom is -0.381 e. The van der Waals surface area contributed by atoms with E-state index in [1.807, 2.05) is 4.90 Å². The number of nitrogens with zero attached hydrogens (tertiary/aromatic N) is 1. The molecule has 0 unspecified atom stereocenters. The molecular formula is C22H32N2O2. The lowest BCUT2D eigenvalue weighted by Gasteiger charge is -2.51. The van der Waals surface area contributed by atoms with Gasteiger partial charge >= 0.3 is 6.03 Å². The van der Waals surface area contributed by atoms with Crippen molar-refractivity contribution in [1.82, 2.24) is 10.2 Å². The number of carbonyl (C=O) groups is 1. The Labute approximate surface area is 157 Å². The number of likely N-dealkylation sites (tertiary alicyclic amines) is 1. The van der Waals surface area contributed by atoms with E-state index in [0.29, 0.717) is 12.0 Å². The number of urea groups is 1. The highest BCUT2D eigenvalue weighted by Gasteiger charge is 2.45. The summed E-state index contributed by atoms with van der Waals surface area (Å²) in [6.45, 7) is 4.23. The van der Waals surface area contributed by atoms with Crippen LogP contribution < -0.4 is 5.32 Å². The molecule has 3 fully saturated rings. The van der Waals surface area contributed by atoms with E-state index in [4.69, 9.17) is 4.74 Å². The number of hydrogen-bond acceptors (Lipinski definition) is 2. The molecule has 4 heteroatoms. The number of hydrogen-bond donors (Lipinski definition) is 1. The fourth-order valence-electron chi connectivity index (χ4n) is 4.85. The van der Waals surface area contributed by atoms with Crippen molar-refractivity contribution in [3.05, 3.63) is 35.4 Å². The molecule has 2 amide bonds. The van der Waals surface area contributed by atoms with Crippen LogP contribution in [-0.4, -0.2) is 43.8 Å². The topological polar surface area (TPSA) is 41.6 Å². The first-order chi connectivity index (χ1) is 12.7. The Bertz CT molecular complexity index is 593. The molecule has 1 saturated carbocycles. The quantitative estimate of drug-likeness (QED) is 0.882. The van der Waals surface area contributed by atoms with Crippen LogP contribution in [0.2, 0.25) is 0 Å². The van der Waals surface area contributed by atoms with Gasteiger partial charge in [-0.25, -0.2) is 4.79 Å². The zero-order valence-electron chi connectivity index (χ0n) is 15.8. The minimum atomic E-state index is 0.0981. The Hall–Kier alpha value is -1.55. The predicted octanol–water partition coefficient (Wildman–Crippen LogP) is 4.10. The summed E-state index contributed by atoms with van der Waals surface area (Å²) in [4.78, 5) is 14.2. The second-order valence-electron chi connectivity index (χ2n) is 8.53. The van der Waals surface area contributed by atoms with Gasteiger partial charge in [0.05, 0.1) is 0 Å². The Kier molecular flexibility index (Phi) is 5.49. The van der Waals surface area contributed by atoms with E-state index >= 15 is 0 Å². The lowest BCUT2D eigenvalue weighted by molar-refractivity contribution is -0.0615. The molecule has 2 saturated heterocycles. The van der Waals surface area contributed by atoms with Crippen LogP contribution in [0, 0.1) is 5.41 Å². The highest BCUT2D eigenvalue weighted by Crippen LogP contribution is 2.39. The van der Waals surface area contributed by atoms with Crippen molar-refractivity contribution in [2.24, 2.45) is 5.41 Å². The Morgan fingerprint density at radius 1 is 1.08 bits per heavy atom. The number of nitrogens with one attached hydrogen (secondary N) is 1. The summed E-state index contributed by atoms with van der Waals surface area (Å²) in [5, 5.41) is 3.09. The van der Waals surface area contributed by atoms with Crippen LogP contribution in [0.4, 0.5) is 4.79 Å². The van der Waals surface area contributed by atoms with Crippen LogP contribution >= 0.6 is 0 Å². The SMILES string of the molecule is O=C(NCCc1ccc(C2CCCCC2)cc1)N1CC2(CCOCC2)C1. The third-order valence-electron chi connectivity index (χ3n) is 6.64. The van der Waals surface area contributed by atoms with Crippen molar-refractivity contribution < 1.29 is 9.53 Å². The van der Waals surface area contributed by atoms with Gasteiger partial charge < -0.3 is 15.0 Å². The Morgan fingerprint density at radius 2 is 1.77 bits per heavy atom. The molecule has 0 radical (unpaired) electrons. The highest BCUT2D eigenvalue weighted by molar-refractivity contribution is 5.75. The maximum absolute atomic E-state index is 12.3. The lowest BCUT2D eigenvalue weighted by atomic mass is 9.73. The van der Waals surface area contributed by atoms with Gasteiger partial charge in [-0.3, -0.25) is 0 Å². The van der Waals surface area contributed by atoms with E-state index < -0.39 is 0 Å². The molecule has 1 spiro atoms. The van der Waals surface area contributed by atoms with E-state index in [1.165, 1.54) is 43.2 Å².